The summed E-state index contributed by atoms with van der Waals surface area (Å²) in [6.45, 7) is 1.95. The number of nitrogens with one attached hydrogen (secondary N) is 1. The van der Waals surface area contributed by atoms with Gasteiger partial charge in [0, 0.05) is 24.4 Å². The molecule has 140 valence electrons. The van der Waals surface area contributed by atoms with Crippen LogP contribution < -0.4 is 5.32 Å². The Morgan fingerprint density at radius 3 is 2.89 bits per heavy atom. The van der Waals surface area contributed by atoms with Crippen LogP contribution in [0, 0.1) is 0 Å². The van der Waals surface area contributed by atoms with Crippen molar-refractivity contribution in [3.05, 3.63) is 71.7 Å². The predicted octanol–water partition coefficient (Wildman–Crippen LogP) is 3.79. The minimum Gasteiger partial charge on any atom is -0.334 e. The van der Waals surface area contributed by atoms with Crippen molar-refractivity contribution in [2.24, 2.45) is 0 Å². The van der Waals surface area contributed by atoms with Gasteiger partial charge in [-0.3, -0.25) is 9.36 Å². The molecule has 0 saturated heterocycles. The molecule has 4 rings (SSSR count). The Balaban J connectivity index is 1.56. The molecule has 8 nitrogen and oxygen atoms in total. The van der Waals surface area contributed by atoms with E-state index in [0.717, 1.165) is 5.56 Å². The van der Waals surface area contributed by atoms with E-state index in [1.54, 1.807) is 53.4 Å². The third kappa shape index (κ3) is 3.63. The lowest BCUT2D eigenvalue weighted by Crippen LogP contribution is -2.12. The second-order valence-corrected chi connectivity index (χ2v) is 6.28. The van der Waals surface area contributed by atoms with E-state index in [1.165, 1.54) is 6.33 Å². The summed E-state index contributed by atoms with van der Waals surface area (Å²) < 4.78 is 6.90. The summed E-state index contributed by atoms with van der Waals surface area (Å²) in [7, 11) is 0. The lowest BCUT2D eigenvalue weighted by atomic mass is 10.2. The molecule has 3 aromatic heterocycles. The summed E-state index contributed by atoms with van der Waals surface area (Å²) in [5.74, 6) is 1.25. The van der Waals surface area contributed by atoms with Crippen molar-refractivity contribution in [2.45, 2.75) is 13.3 Å². The third-order valence-electron chi connectivity index (χ3n) is 3.98. The number of aryl methyl sites for hydroxylation is 1. The van der Waals surface area contributed by atoms with Gasteiger partial charge in [0.2, 0.25) is 0 Å². The first-order valence-corrected chi connectivity index (χ1v) is 8.91. The lowest BCUT2D eigenvalue weighted by Gasteiger charge is -2.05. The number of benzene rings is 1. The number of pyridine rings is 1. The number of carbonyl (C=O) groups is 1. The van der Waals surface area contributed by atoms with Crippen LogP contribution in [-0.4, -0.2) is 30.6 Å². The average molecular weight is 395 g/mol. The normalized spacial score (nSPS) is 10.8. The van der Waals surface area contributed by atoms with Gasteiger partial charge in [0.15, 0.2) is 5.82 Å². The minimum absolute atomic E-state index is 0.234. The van der Waals surface area contributed by atoms with Gasteiger partial charge in [-0.2, -0.15) is 4.98 Å². The first-order valence-electron chi connectivity index (χ1n) is 8.53. The van der Waals surface area contributed by atoms with Crippen molar-refractivity contribution in [3.63, 3.8) is 0 Å². The molecule has 0 unspecified atom stereocenters. The number of hydrogen-bond donors (Lipinski definition) is 1. The lowest BCUT2D eigenvalue weighted by molar-refractivity contribution is 0.102. The molecule has 0 atom stereocenters. The summed E-state index contributed by atoms with van der Waals surface area (Å²) in [6.07, 6.45) is 5.42. The molecule has 0 aliphatic heterocycles. The predicted molar refractivity (Wildman–Crippen MR) is 103 cm³/mol. The summed E-state index contributed by atoms with van der Waals surface area (Å²) in [6, 6.07) is 10.6. The zero-order chi connectivity index (χ0) is 19.5. The molecular formula is C19H15ClN6O2. The maximum absolute atomic E-state index is 12.4. The van der Waals surface area contributed by atoms with E-state index in [1.807, 2.05) is 6.92 Å². The van der Waals surface area contributed by atoms with Crippen LogP contribution >= 0.6 is 11.6 Å². The number of amides is 1. The Labute approximate surface area is 165 Å². The van der Waals surface area contributed by atoms with Crippen LogP contribution in [0.3, 0.4) is 0 Å². The Morgan fingerprint density at radius 1 is 1.25 bits per heavy atom. The molecule has 3 heterocycles. The van der Waals surface area contributed by atoms with E-state index < -0.39 is 0 Å². The van der Waals surface area contributed by atoms with Crippen molar-refractivity contribution in [1.29, 1.82) is 0 Å². The maximum atomic E-state index is 12.4. The fourth-order valence-corrected chi connectivity index (χ4v) is 2.70. The van der Waals surface area contributed by atoms with Gasteiger partial charge in [-0.1, -0.05) is 35.8 Å². The van der Waals surface area contributed by atoms with Crippen molar-refractivity contribution in [1.82, 2.24) is 24.7 Å². The fourth-order valence-electron chi connectivity index (χ4n) is 2.52. The largest absolute Gasteiger partial charge is 0.334 e. The van der Waals surface area contributed by atoms with E-state index in [9.17, 15) is 4.79 Å². The number of imidazole rings is 1. The van der Waals surface area contributed by atoms with Crippen LogP contribution in [0.5, 0.6) is 0 Å². The standard InChI is InChI=1S/C19H15ClN6O2/c1-2-16-24-19(28-25-16)12-7-8-21-17(9-12)26-10-15(22-11-26)18(27)23-14-6-4-3-5-13(14)20/h3-11H,2H2,1H3,(H,23,27). The van der Waals surface area contributed by atoms with Crippen LogP contribution in [-0.2, 0) is 6.42 Å². The summed E-state index contributed by atoms with van der Waals surface area (Å²) in [5.41, 5.74) is 1.48. The topological polar surface area (TPSA) is 98.7 Å². The maximum Gasteiger partial charge on any atom is 0.275 e. The second-order valence-electron chi connectivity index (χ2n) is 5.87. The molecular weight excluding hydrogens is 380 g/mol. The molecule has 0 radical (unpaired) electrons. The highest BCUT2D eigenvalue weighted by Gasteiger charge is 2.14. The second kappa shape index (κ2) is 7.61. The van der Waals surface area contributed by atoms with Crippen molar-refractivity contribution < 1.29 is 9.32 Å². The zero-order valence-corrected chi connectivity index (χ0v) is 15.6. The van der Waals surface area contributed by atoms with Gasteiger partial charge in [0.25, 0.3) is 11.8 Å². The van der Waals surface area contributed by atoms with E-state index in [0.29, 0.717) is 34.7 Å². The molecule has 9 heteroatoms. The Morgan fingerprint density at radius 2 is 2.11 bits per heavy atom. The van der Waals surface area contributed by atoms with Gasteiger partial charge >= 0.3 is 0 Å². The highest BCUT2D eigenvalue weighted by molar-refractivity contribution is 6.33. The Hall–Kier alpha value is -3.52. The van der Waals surface area contributed by atoms with Gasteiger partial charge in [-0.05, 0) is 24.3 Å². The van der Waals surface area contributed by atoms with Crippen LogP contribution in [0.15, 0.2) is 59.6 Å². The van der Waals surface area contributed by atoms with Gasteiger partial charge < -0.3 is 9.84 Å². The molecule has 0 saturated carbocycles. The summed E-state index contributed by atoms with van der Waals surface area (Å²) >= 11 is 6.07. The van der Waals surface area contributed by atoms with E-state index in [2.05, 4.69) is 25.4 Å². The van der Waals surface area contributed by atoms with Crippen LogP contribution in [0.4, 0.5) is 5.69 Å². The number of hydrogen-bond acceptors (Lipinski definition) is 6. The van der Waals surface area contributed by atoms with E-state index in [-0.39, 0.29) is 11.6 Å². The van der Waals surface area contributed by atoms with Gasteiger partial charge in [0.05, 0.1) is 10.7 Å². The van der Waals surface area contributed by atoms with Crippen LogP contribution in [0.1, 0.15) is 23.2 Å². The molecule has 0 aliphatic rings. The minimum atomic E-state index is -0.368. The van der Waals surface area contributed by atoms with Gasteiger partial charge in [0.1, 0.15) is 17.8 Å². The van der Waals surface area contributed by atoms with Crippen LogP contribution in [0.25, 0.3) is 17.3 Å². The number of anilines is 1. The number of carbonyl (C=O) groups excluding carboxylic acids is 1. The molecule has 0 bridgehead atoms. The van der Waals surface area contributed by atoms with Crippen LogP contribution in [0.2, 0.25) is 5.02 Å². The molecule has 1 amide bonds. The SMILES string of the molecule is CCc1noc(-c2ccnc(-n3cnc(C(=O)Nc4ccccc4Cl)c3)c2)n1. The quantitative estimate of drug-likeness (QED) is 0.553. The molecule has 1 aromatic carbocycles. The Kier molecular flexibility index (Phi) is 4.86. The molecule has 0 spiro atoms. The van der Waals surface area contributed by atoms with Gasteiger partial charge in [-0.25, -0.2) is 9.97 Å². The monoisotopic (exact) mass is 394 g/mol. The summed E-state index contributed by atoms with van der Waals surface area (Å²) in [4.78, 5) is 25.2. The molecule has 28 heavy (non-hydrogen) atoms. The molecule has 1 N–H and O–H groups in total. The van der Waals surface area contributed by atoms with Crippen molar-refractivity contribution >= 4 is 23.2 Å². The fraction of sp³-hybridized carbons (Fsp3) is 0.105. The first kappa shape index (κ1) is 17.9. The number of aromatic nitrogens is 5. The zero-order valence-electron chi connectivity index (χ0n) is 14.8. The van der Waals surface area contributed by atoms with E-state index in [4.69, 9.17) is 16.1 Å². The van der Waals surface area contributed by atoms with Crippen molar-refractivity contribution in [2.75, 3.05) is 5.32 Å². The smallest absolute Gasteiger partial charge is 0.275 e. The number of halogens is 1. The third-order valence-corrected chi connectivity index (χ3v) is 4.31. The number of nitrogens with zero attached hydrogens (tertiary/aromatic N) is 5. The number of rotatable bonds is 5. The first-order chi connectivity index (χ1) is 13.6. The molecule has 0 aliphatic carbocycles. The Bertz CT molecular complexity index is 1140. The van der Waals surface area contributed by atoms with E-state index >= 15 is 0 Å². The summed E-state index contributed by atoms with van der Waals surface area (Å²) in [5, 5.41) is 7.09. The van der Waals surface area contributed by atoms with Gasteiger partial charge in [-0.15, -0.1) is 0 Å². The number of para-hydroxylation sites is 1. The average Bonchev–Trinajstić information content (AvgIpc) is 3.40. The highest BCUT2D eigenvalue weighted by Crippen LogP contribution is 2.22. The molecule has 0 fully saturated rings. The highest BCUT2D eigenvalue weighted by atomic mass is 35.5. The molecule has 4 aromatic rings. The van der Waals surface area contributed by atoms with Crippen molar-refractivity contribution in [3.8, 4) is 17.3 Å².